The summed E-state index contributed by atoms with van der Waals surface area (Å²) in [6.07, 6.45) is 0. The minimum Gasteiger partial charge on any atom is -0.358 e. The second kappa shape index (κ2) is 34.5. The van der Waals surface area contributed by atoms with Crippen molar-refractivity contribution in [2.24, 2.45) is 0 Å². The summed E-state index contributed by atoms with van der Waals surface area (Å²) in [5.41, 5.74) is 6.12. The molecule has 0 saturated heterocycles. The Bertz CT molecular complexity index is 509. The van der Waals surface area contributed by atoms with Gasteiger partial charge in [-0.2, -0.15) is 36.7 Å². The number of thiophene rings is 2. The molecule has 0 bridgehead atoms. The molecule has 2 rings (SSSR count). The van der Waals surface area contributed by atoms with Crippen LogP contribution in [0.25, 0.3) is 0 Å². The van der Waals surface area contributed by atoms with Crippen LogP contribution in [0, 0.1) is 62.4 Å². The number of hydrogen-bond donors (Lipinski definition) is 0. The molecule has 30 heavy (non-hydrogen) atoms. The van der Waals surface area contributed by atoms with Crippen molar-refractivity contribution in [3.8, 4) is 22.9 Å². The zero-order valence-electron chi connectivity index (χ0n) is 20.3. The van der Waals surface area contributed by atoms with Crippen LogP contribution in [0.2, 0.25) is 39.3 Å². The fourth-order valence-electron chi connectivity index (χ4n) is 0.923. The maximum Gasteiger partial charge on any atom is 2.00 e. The molecular weight excluding hydrogens is 526 g/mol. The van der Waals surface area contributed by atoms with Gasteiger partial charge in [-0.05, 0) is 0 Å². The Morgan fingerprint density at radius 2 is 0.933 bits per heavy atom. The first-order valence-electron chi connectivity index (χ1n) is 7.50. The Hall–Kier alpha value is 0.928. The van der Waals surface area contributed by atoms with E-state index in [2.05, 4.69) is 86.8 Å². The van der Waals surface area contributed by atoms with Gasteiger partial charge in [-0.1, -0.05) is 39.3 Å². The van der Waals surface area contributed by atoms with Crippen molar-refractivity contribution in [3.05, 3.63) is 74.5 Å². The molecule has 0 fully saturated rings. The van der Waals surface area contributed by atoms with Crippen LogP contribution in [0.15, 0.2) is 35.0 Å². The molecule has 8 heteroatoms. The Labute approximate surface area is 244 Å². The molecule has 0 N–H and O–H groups in total. The van der Waals surface area contributed by atoms with E-state index in [0.717, 1.165) is 0 Å². The SMILES string of the molecule is [CH2-]C#C[Si](C)(C)C.[CH2-]C#C[Si](C)(C)C.[CH3-].[CH3-].[Cu+2].[Cu+2].[Li+].[Li+].[c-]1cccs1.[c-]1cccs1. The van der Waals surface area contributed by atoms with Gasteiger partial charge in [-0.25, -0.2) is 12.1 Å². The van der Waals surface area contributed by atoms with E-state index in [9.17, 15) is 0 Å². The fraction of sp³-hybridized carbons (Fsp3) is 0.273. The minimum atomic E-state index is -1.08. The number of hydrogen-bond acceptors (Lipinski definition) is 2. The summed E-state index contributed by atoms with van der Waals surface area (Å²) in [4.78, 5) is 0. The molecule has 166 valence electrons. The third-order valence-corrected chi connectivity index (χ3v) is 4.67. The van der Waals surface area contributed by atoms with E-state index in [0.29, 0.717) is 0 Å². The average molecular weight is 560 g/mol. The topological polar surface area (TPSA) is 0 Å². The molecule has 2 aromatic rings. The molecule has 0 aliphatic rings. The van der Waals surface area contributed by atoms with Crippen molar-refractivity contribution in [3.63, 3.8) is 0 Å². The van der Waals surface area contributed by atoms with Crippen molar-refractivity contribution in [2.75, 3.05) is 0 Å². The van der Waals surface area contributed by atoms with E-state index < -0.39 is 16.1 Å². The molecule has 0 saturated carbocycles. The summed E-state index contributed by atoms with van der Waals surface area (Å²) in [5, 5.41) is 9.78. The predicted octanol–water partition coefficient (Wildman–Crippen LogP) is 1.40. The first-order chi connectivity index (χ1) is 11.1. The van der Waals surface area contributed by atoms with Crippen molar-refractivity contribution in [1.82, 2.24) is 0 Å². The second-order valence-corrected chi connectivity index (χ2v) is 17.6. The molecule has 0 amide bonds. The van der Waals surface area contributed by atoms with Crippen molar-refractivity contribution >= 4 is 38.8 Å². The Morgan fingerprint density at radius 3 is 0.967 bits per heavy atom. The van der Waals surface area contributed by atoms with Crippen LogP contribution in [0.4, 0.5) is 0 Å². The van der Waals surface area contributed by atoms with Gasteiger partial charge in [0.15, 0.2) is 0 Å². The van der Waals surface area contributed by atoms with E-state index in [4.69, 9.17) is 0 Å². The van der Waals surface area contributed by atoms with Crippen LogP contribution in [0.5, 0.6) is 0 Å². The fourth-order valence-corrected chi connectivity index (χ4v) is 2.77. The van der Waals surface area contributed by atoms with E-state index in [-0.39, 0.29) is 86.7 Å². The van der Waals surface area contributed by atoms with Crippen LogP contribution in [0.1, 0.15) is 0 Å². The van der Waals surface area contributed by atoms with Crippen molar-refractivity contribution in [2.45, 2.75) is 39.3 Å². The Kier molecular flexibility index (Phi) is 60.7. The largest absolute Gasteiger partial charge is 2.00 e. The normalized spacial score (nSPS) is 7.13. The van der Waals surface area contributed by atoms with Crippen LogP contribution >= 0.6 is 22.7 Å². The first-order valence-corrected chi connectivity index (χ1v) is 16.3. The molecule has 0 nitrogen and oxygen atoms in total. The molecule has 2 radical (unpaired) electrons. The van der Waals surface area contributed by atoms with E-state index in [1.54, 1.807) is 22.7 Å². The van der Waals surface area contributed by atoms with Gasteiger partial charge in [-0.15, -0.1) is 10.8 Å². The van der Waals surface area contributed by atoms with E-state index >= 15 is 0 Å². The first kappa shape index (κ1) is 52.7. The zero-order valence-corrected chi connectivity index (χ0v) is 25.8. The monoisotopic (exact) mass is 558 g/mol. The summed E-state index contributed by atoms with van der Waals surface area (Å²) in [7, 11) is -2.16. The minimum absolute atomic E-state index is 0. The maximum atomic E-state index is 3.44. The van der Waals surface area contributed by atoms with Gasteiger partial charge in [-0.3, -0.25) is 11.8 Å². The third-order valence-electron chi connectivity index (χ3n) is 1.68. The standard InChI is InChI=1S/2C6H11Si.2C4H3S.2CH3.2Cu.2Li/c2*1-5-6-7(2,3)4;2*1-2-4-5-3-1;;;;;;/h2*1H2,2-4H3;2*1-3H;2*1H3;;;;/q6*-1;2*+2;2*+1. The molecule has 0 aliphatic heterocycles. The molecule has 2 heterocycles. The predicted molar refractivity (Wildman–Crippen MR) is 132 cm³/mol. The molecule has 0 spiro atoms. The second-order valence-electron chi connectivity index (χ2n) is 6.57. The van der Waals surface area contributed by atoms with Crippen LogP contribution < -0.4 is 37.7 Å². The Morgan fingerprint density at radius 1 is 0.667 bits per heavy atom. The summed E-state index contributed by atoms with van der Waals surface area (Å²) >= 11 is 3.18. The van der Waals surface area contributed by atoms with Gasteiger partial charge in [0.2, 0.25) is 0 Å². The average Bonchev–Trinajstić information content (AvgIpc) is 3.16. The quantitative estimate of drug-likeness (QED) is 0.260. The zero-order chi connectivity index (χ0) is 18.9. The van der Waals surface area contributed by atoms with Gasteiger partial charge in [0.25, 0.3) is 0 Å². The van der Waals surface area contributed by atoms with Crippen LogP contribution in [-0.4, -0.2) is 16.1 Å². The van der Waals surface area contributed by atoms with Gasteiger partial charge < -0.3 is 48.6 Å². The summed E-state index contributed by atoms with van der Waals surface area (Å²) in [6, 6.07) is 7.71. The van der Waals surface area contributed by atoms with Gasteiger partial charge in [0.1, 0.15) is 0 Å². The summed E-state index contributed by atoms with van der Waals surface area (Å²) < 4.78 is 0. The molecule has 0 aromatic carbocycles. The Balaban J connectivity index is -0.0000000338. The smallest absolute Gasteiger partial charge is 0.358 e. The summed E-state index contributed by atoms with van der Waals surface area (Å²) in [5.74, 6) is 5.34. The van der Waals surface area contributed by atoms with Crippen LogP contribution in [0.3, 0.4) is 0 Å². The van der Waals surface area contributed by atoms with Gasteiger partial charge in [0.05, 0.1) is 0 Å². The third kappa shape index (κ3) is 63.0. The van der Waals surface area contributed by atoms with Crippen molar-refractivity contribution < 1.29 is 71.9 Å². The van der Waals surface area contributed by atoms with Crippen molar-refractivity contribution in [1.29, 1.82) is 0 Å². The molecule has 0 atom stereocenters. The van der Waals surface area contributed by atoms with E-state index in [1.807, 2.05) is 35.0 Å². The molecule has 0 unspecified atom stereocenters. The van der Waals surface area contributed by atoms with Gasteiger partial charge >= 0.3 is 71.9 Å². The van der Waals surface area contributed by atoms with Gasteiger partial charge in [0, 0.05) is 16.1 Å². The summed E-state index contributed by atoms with van der Waals surface area (Å²) in [6.45, 7) is 20.1. The molecule has 0 aliphatic carbocycles. The molecular formula is C22H34Cu2Li2S2Si2. The number of rotatable bonds is 0. The van der Waals surface area contributed by atoms with E-state index in [1.165, 1.54) is 0 Å². The molecule has 2 aromatic heterocycles. The maximum absolute atomic E-state index is 3.44. The van der Waals surface area contributed by atoms with Crippen LogP contribution in [-0.2, 0) is 34.1 Å².